The number of esters is 2. The normalized spacial score (nSPS) is 11.4. The number of nitriles is 1. The van der Waals surface area contributed by atoms with E-state index in [4.69, 9.17) is 18.9 Å². The Balaban J connectivity index is 1.94. The van der Waals surface area contributed by atoms with Gasteiger partial charge in [-0.1, -0.05) is 39.0 Å². The van der Waals surface area contributed by atoms with Gasteiger partial charge in [-0.25, -0.2) is 4.79 Å². The van der Waals surface area contributed by atoms with Crippen LogP contribution < -0.4 is 14.2 Å². The number of ether oxygens (including phenoxy) is 4. The summed E-state index contributed by atoms with van der Waals surface area (Å²) in [4.78, 5) is 24.2. The Labute approximate surface area is 207 Å². The highest BCUT2D eigenvalue weighted by Crippen LogP contribution is 2.30. The number of carbonyl (C=O) groups is 2. The highest BCUT2D eigenvalue weighted by molar-refractivity contribution is 5.98. The smallest absolute Gasteiger partial charge is 0.348 e. The molecule has 0 fully saturated rings. The first kappa shape index (κ1) is 27.5. The van der Waals surface area contributed by atoms with Gasteiger partial charge in [0.1, 0.15) is 17.4 Å². The van der Waals surface area contributed by atoms with E-state index in [1.165, 1.54) is 11.6 Å². The summed E-state index contributed by atoms with van der Waals surface area (Å²) < 4.78 is 21.7. The molecule has 186 valence electrons. The van der Waals surface area contributed by atoms with Crippen molar-refractivity contribution in [1.82, 2.24) is 0 Å². The summed E-state index contributed by atoms with van der Waals surface area (Å²) in [5.74, 6) is 0.252. The van der Waals surface area contributed by atoms with Crippen LogP contribution in [0.25, 0.3) is 6.08 Å². The number of nitrogens with zero attached hydrogens (tertiary/aromatic N) is 1. The quantitative estimate of drug-likeness (QED) is 0.136. The zero-order valence-electron chi connectivity index (χ0n) is 21.1. The molecule has 0 aliphatic heterocycles. The summed E-state index contributed by atoms with van der Waals surface area (Å²) in [7, 11) is 0. The third-order valence-electron chi connectivity index (χ3n) is 4.93. The van der Waals surface area contributed by atoms with E-state index in [9.17, 15) is 14.9 Å². The maximum absolute atomic E-state index is 12.4. The van der Waals surface area contributed by atoms with Crippen LogP contribution in [-0.4, -0.2) is 31.8 Å². The highest BCUT2D eigenvalue weighted by Gasteiger charge is 2.15. The van der Waals surface area contributed by atoms with Crippen molar-refractivity contribution in [2.24, 2.45) is 0 Å². The van der Waals surface area contributed by atoms with Crippen molar-refractivity contribution in [3.05, 3.63) is 59.2 Å². The van der Waals surface area contributed by atoms with Gasteiger partial charge in [-0.2, -0.15) is 5.26 Å². The lowest BCUT2D eigenvalue weighted by atomic mass is 9.87. The lowest BCUT2D eigenvalue weighted by Gasteiger charge is -2.19. The summed E-state index contributed by atoms with van der Waals surface area (Å²) in [5.41, 5.74) is 1.72. The van der Waals surface area contributed by atoms with E-state index >= 15 is 0 Å². The molecular weight excluding hydrogens is 446 g/mol. The van der Waals surface area contributed by atoms with Crippen LogP contribution in [0.1, 0.15) is 58.6 Å². The van der Waals surface area contributed by atoms with Gasteiger partial charge in [0.15, 0.2) is 11.5 Å². The molecule has 2 aromatic rings. The number of benzene rings is 2. The van der Waals surface area contributed by atoms with Crippen LogP contribution in [0.2, 0.25) is 0 Å². The minimum atomic E-state index is -0.698. The van der Waals surface area contributed by atoms with Gasteiger partial charge in [0, 0.05) is 6.42 Å². The van der Waals surface area contributed by atoms with Crippen molar-refractivity contribution in [3.8, 4) is 23.3 Å². The van der Waals surface area contributed by atoms with Gasteiger partial charge in [-0.05, 0) is 67.2 Å². The fraction of sp³-hybridized carbons (Fsp3) is 0.393. The average Bonchev–Trinajstić information content (AvgIpc) is 2.82. The molecule has 0 unspecified atom stereocenters. The standard InChI is InChI=1S/C28H33NO6/c1-6-32-25-18-20(17-21(19-29)27(31)33-7-2)10-15-24(25)35-26(30)9-8-16-34-23-13-11-22(12-14-23)28(3,4)5/h10-15,17-18H,6-9,16H2,1-5H3/b21-17+. The monoisotopic (exact) mass is 479 g/mol. The Hall–Kier alpha value is -3.79. The molecular formula is C28H33NO6. The van der Waals surface area contributed by atoms with Crippen LogP contribution in [-0.2, 0) is 19.7 Å². The predicted octanol–water partition coefficient (Wildman–Crippen LogP) is 5.62. The average molecular weight is 480 g/mol. The summed E-state index contributed by atoms with van der Waals surface area (Å²) in [5, 5.41) is 9.22. The second-order valence-corrected chi connectivity index (χ2v) is 8.73. The van der Waals surface area contributed by atoms with Gasteiger partial charge >= 0.3 is 11.9 Å². The van der Waals surface area contributed by atoms with E-state index in [0.717, 1.165) is 5.75 Å². The molecule has 0 atom stereocenters. The van der Waals surface area contributed by atoms with E-state index in [1.807, 2.05) is 30.3 Å². The molecule has 35 heavy (non-hydrogen) atoms. The fourth-order valence-corrected chi connectivity index (χ4v) is 3.11. The lowest BCUT2D eigenvalue weighted by Crippen LogP contribution is -2.12. The molecule has 0 aliphatic carbocycles. The fourth-order valence-electron chi connectivity index (χ4n) is 3.11. The second kappa shape index (κ2) is 13.2. The van der Waals surface area contributed by atoms with Crippen LogP contribution in [0.3, 0.4) is 0 Å². The maximum Gasteiger partial charge on any atom is 0.348 e. The van der Waals surface area contributed by atoms with Crippen LogP contribution >= 0.6 is 0 Å². The first-order valence-corrected chi connectivity index (χ1v) is 11.7. The predicted molar refractivity (Wildman–Crippen MR) is 133 cm³/mol. The molecule has 7 heteroatoms. The van der Waals surface area contributed by atoms with Gasteiger partial charge in [0.25, 0.3) is 0 Å². The van der Waals surface area contributed by atoms with Crippen molar-refractivity contribution in [2.75, 3.05) is 19.8 Å². The van der Waals surface area contributed by atoms with E-state index in [-0.39, 0.29) is 29.8 Å². The molecule has 0 saturated carbocycles. The Morgan fingerprint density at radius 1 is 0.971 bits per heavy atom. The zero-order chi connectivity index (χ0) is 25.8. The lowest BCUT2D eigenvalue weighted by molar-refractivity contribution is -0.138. The number of hydrogen-bond donors (Lipinski definition) is 0. The third kappa shape index (κ3) is 8.82. The van der Waals surface area contributed by atoms with Gasteiger partial charge in [0.05, 0.1) is 19.8 Å². The van der Waals surface area contributed by atoms with Crippen LogP contribution in [0, 0.1) is 11.3 Å². The molecule has 0 radical (unpaired) electrons. The van der Waals surface area contributed by atoms with E-state index < -0.39 is 11.9 Å². The number of rotatable bonds is 11. The molecule has 0 amide bonds. The highest BCUT2D eigenvalue weighted by atomic mass is 16.6. The largest absolute Gasteiger partial charge is 0.494 e. The van der Waals surface area contributed by atoms with Crippen molar-refractivity contribution in [2.45, 2.75) is 52.9 Å². The zero-order valence-corrected chi connectivity index (χ0v) is 21.1. The molecule has 0 N–H and O–H groups in total. The Morgan fingerprint density at radius 3 is 2.29 bits per heavy atom. The SMILES string of the molecule is CCOC(=O)/C(C#N)=C/c1ccc(OC(=O)CCCOc2ccc(C(C)(C)C)cc2)c(OCC)c1. The van der Waals surface area contributed by atoms with Crippen LogP contribution in [0.15, 0.2) is 48.0 Å². The van der Waals surface area contributed by atoms with Crippen molar-refractivity contribution >= 4 is 18.0 Å². The van der Waals surface area contributed by atoms with Gasteiger partial charge in [-0.15, -0.1) is 0 Å². The summed E-state index contributed by atoms with van der Waals surface area (Å²) in [6, 6.07) is 14.6. The van der Waals surface area contributed by atoms with Crippen molar-refractivity contribution in [3.63, 3.8) is 0 Å². The van der Waals surface area contributed by atoms with E-state index in [2.05, 4.69) is 20.8 Å². The molecule has 0 heterocycles. The van der Waals surface area contributed by atoms with Crippen LogP contribution in [0.4, 0.5) is 0 Å². The Morgan fingerprint density at radius 2 is 1.69 bits per heavy atom. The second-order valence-electron chi connectivity index (χ2n) is 8.73. The van der Waals surface area contributed by atoms with Gasteiger partial charge < -0.3 is 18.9 Å². The van der Waals surface area contributed by atoms with Crippen molar-refractivity contribution < 1.29 is 28.5 Å². The molecule has 0 saturated heterocycles. The molecule has 2 rings (SSSR count). The summed E-state index contributed by atoms with van der Waals surface area (Å²) >= 11 is 0. The maximum atomic E-state index is 12.4. The summed E-state index contributed by atoms with van der Waals surface area (Å²) in [6.45, 7) is 10.8. The Bertz CT molecular complexity index is 1070. The number of carbonyl (C=O) groups excluding carboxylic acids is 2. The topological polar surface area (TPSA) is 94.9 Å². The molecule has 0 aliphatic rings. The van der Waals surface area contributed by atoms with Crippen LogP contribution in [0.5, 0.6) is 17.2 Å². The van der Waals surface area contributed by atoms with E-state index in [1.54, 1.807) is 32.0 Å². The molecule has 0 bridgehead atoms. The molecule has 7 nitrogen and oxygen atoms in total. The van der Waals surface area contributed by atoms with Gasteiger partial charge in [-0.3, -0.25) is 4.79 Å². The third-order valence-corrected chi connectivity index (χ3v) is 4.93. The van der Waals surface area contributed by atoms with E-state index in [0.29, 0.717) is 30.9 Å². The summed E-state index contributed by atoms with van der Waals surface area (Å²) in [6.07, 6.45) is 2.07. The molecule has 2 aromatic carbocycles. The first-order valence-electron chi connectivity index (χ1n) is 11.7. The Kier molecular flexibility index (Phi) is 10.3. The minimum Gasteiger partial charge on any atom is -0.494 e. The first-order chi connectivity index (χ1) is 16.7. The minimum absolute atomic E-state index is 0.0794. The molecule has 0 spiro atoms. The number of hydrogen-bond acceptors (Lipinski definition) is 7. The van der Waals surface area contributed by atoms with Gasteiger partial charge in [0.2, 0.25) is 0 Å². The molecule has 0 aromatic heterocycles. The van der Waals surface area contributed by atoms with Crippen molar-refractivity contribution in [1.29, 1.82) is 5.26 Å².